The molecule has 4 fully saturated rings. The molecular formula is C21H34IN5O. The van der Waals surface area contributed by atoms with Gasteiger partial charge in [0, 0.05) is 64.5 Å². The van der Waals surface area contributed by atoms with Crippen molar-refractivity contribution in [3.8, 4) is 5.75 Å². The van der Waals surface area contributed by atoms with E-state index in [1.165, 1.54) is 56.7 Å². The largest absolute Gasteiger partial charge is 0.493 e. The van der Waals surface area contributed by atoms with Crippen molar-refractivity contribution in [2.24, 2.45) is 10.9 Å². The van der Waals surface area contributed by atoms with Gasteiger partial charge in [-0.25, -0.2) is 0 Å². The zero-order valence-electron chi connectivity index (χ0n) is 17.1. The first-order valence-electron chi connectivity index (χ1n) is 10.3. The molecule has 0 spiro atoms. The first kappa shape index (κ1) is 21.6. The Labute approximate surface area is 186 Å². The number of nitrogens with zero attached hydrogens (tertiary/aromatic N) is 3. The molecule has 0 amide bonds. The fourth-order valence-corrected chi connectivity index (χ4v) is 3.97. The molecular weight excluding hydrogens is 465 g/mol. The van der Waals surface area contributed by atoms with Crippen molar-refractivity contribution in [2.45, 2.75) is 32.4 Å². The van der Waals surface area contributed by atoms with Crippen LogP contribution >= 0.6 is 24.0 Å². The van der Waals surface area contributed by atoms with E-state index in [9.17, 15) is 0 Å². The second-order valence-electron chi connectivity index (χ2n) is 8.16. The Morgan fingerprint density at radius 2 is 1.96 bits per heavy atom. The molecule has 1 aromatic rings. The van der Waals surface area contributed by atoms with Gasteiger partial charge in [0.05, 0.1) is 6.61 Å². The third-order valence-electron chi connectivity index (χ3n) is 5.96. The quantitative estimate of drug-likeness (QED) is 0.342. The molecule has 3 aliphatic heterocycles. The summed E-state index contributed by atoms with van der Waals surface area (Å²) in [5.41, 5.74) is 2.43. The van der Waals surface area contributed by atoms with E-state index in [0.717, 1.165) is 37.3 Å². The van der Waals surface area contributed by atoms with Gasteiger partial charge < -0.3 is 15.4 Å². The Kier molecular flexibility index (Phi) is 7.82. The lowest BCUT2D eigenvalue weighted by Crippen LogP contribution is -2.63. The maximum absolute atomic E-state index is 6.08. The summed E-state index contributed by atoms with van der Waals surface area (Å²) in [6.45, 7) is 10.6. The van der Waals surface area contributed by atoms with Crippen LogP contribution in [0.3, 0.4) is 0 Å². The number of guanidine groups is 1. The van der Waals surface area contributed by atoms with Crippen molar-refractivity contribution < 1.29 is 4.74 Å². The highest BCUT2D eigenvalue weighted by Gasteiger charge is 2.31. The summed E-state index contributed by atoms with van der Waals surface area (Å²) in [7, 11) is 1.84. The fraction of sp³-hybridized carbons (Fsp3) is 0.667. The van der Waals surface area contributed by atoms with Crippen LogP contribution in [0, 0.1) is 12.8 Å². The lowest BCUT2D eigenvalue weighted by molar-refractivity contribution is 0.0154. The SMILES string of the molecule is CN=C(NCc1ccc(C)cc1OCC1CC1)NCC1CN2CCN1CC2.I. The van der Waals surface area contributed by atoms with Gasteiger partial charge in [-0.3, -0.25) is 14.8 Å². The van der Waals surface area contributed by atoms with Crippen LogP contribution in [-0.4, -0.2) is 74.7 Å². The molecule has 1 aliphatic carbocycles. The molecule has 0 aromatic heterocycles. The number of hydrogen-bond donors (Lipinski definition) is 2. The summed E-state index contributed by atoms with van der Waals surface area (Å²) < 4.78 is 6.08. The molecule has 28 heavy (non-hydrogen) atoms. The van der Waals surface area contributed by atoms with E-state index < -0.39 is 0 Å². The van der Waals surface area contributed by atoms with Crippen LogP contribution in [0.15, 0.2) is 23.2 Å². The molecule has 4 aliphatic rings. The summed E-state index contributed by atoms with van der Waals surface area (Å²) >= 11 is 0. The highest BCUT2D eigenvalue weighted by atomic mass is 127. The minimum absolute atomic E-state index is 0. The van der Waals surface area contributed by atoms with Crippen LogP contribution in [0.1, 0.15) is 24.0 Å². The molecule has 1 aromatic carbocycles. The number of ether oxygens (including phenoxy) is 1. The maximum atomic E-state index is 6.08. The van der Waals surface area contributed by atoms with Crippen molar-refractivity contribution in [3.05, 3.63) is 29.3 Å². The molecule has 0 radical (unpaired) electrons. The summed E-state index contributed by atoms with van der Waals surface area (Å²) in [4.78, 5) is 9.57. The smallest absolute Gasteiger partial charge is 0.191 e. The summed E-state index contributed by atoms with van der Waals surface area (Å²) in [5, 5.41) is 6.97. The molecule has 1 atom stereocenters. The Balaban J connectivity index is 0.00000225. The molecule has 156 valence electrons. The van der Waals surface area contributed by atoms with Crippen molar-refractivity contribution in [2.75, 3.05) is 52.9 Å². The van der Waals surface area contributed by atoms with Crippen molar-refractivity contribution in [3.63, 3.8) is 0 Å². The van der Waals surface area contributed by atoms with Gasteiger partial charge >= 0.3 is 0 Å². The molecule has 7 heteroatoms. The number of fused-ring (bicyclic) bond motifs is 3. The molecule has 3 saturated heterocycles. The number of rotatable bonds is 7. The van der Waals surface area contributed by atoms with E-state index in [0.29, 0.717) is 6.04 Å². The average Bonchev–Trinajstić information content (AvgIpc) is 3.53. The highest BCUT2D eigenvalue weighted by Crippen LogP contribution is 2.30. The van der Waals surface area contributed by atoms with Gasteiger partial charge in [0.1, 0.15) is 5.75 Å². The van der Waals surface area contributed by atoms with E-state index in [-0.39, 0.29) is 24.0 Å². The summed E-state index contributed by atoms with van der Waals surface area (Å²) in [5.74, 6) is 2.63. The third-order valence-corrected chi connectivity index (χ3v) is 5.96. The number of halogens is 1. The lowest BCUT2D eigenvalue weighted by atomic mass is 10.1. The lowest BCUT2D eigenvalue weighted by Gasteiger charge is -2.47. The molecule has 1 saturated carbocycles. The Hall–Kier alpha value is -1.06. The van der Waals surface area contributed by atoms with E-state index >= 15 is 0 Å². The van der Waals surface area contributed by atoms with Crippen LogP contribution in [0.25, 0.3) is 0 Å². The van der Waals surface area contributed by atoms with Gasteiger partial charge in [0.25, 0.3) is 0 Å². The van der Waals surface area contributed by atoms with Crippen LogP contribution in [0.5, 0.6) is 5.75 Å². The number of aryl methyl sites for hydroxylation is 1. The molecule has 3 heterocycles. The van der Waals surface area contributed by atoms with Crippen molar-refractivity contribution in [1.29, 1.82) is 0 Å². The van der Waals surface area contributed by atoms with Gasteiger partial charge in [0.15, 0.2) is 5.96 Å². The van der Waals surface area contributed by atoms with Gasteiger partial charge in [-0.1, -0.05) is 12.1 Å². The number of aliphatic imine (C=N–C) groups is 1. The minimum atomic E-state index is 0. The first-order chi connectivity index (χ1) is 13.2. The van der Waals surface area contributed by atoms with Gasteiger partial charge in [-0.05, 0) is 37.3 Å². The molecule has 1 unspecified atom stereocenters. The predicted octanol–water partition coefficient (Wildman–Crippen LogP) is 2.07. The van der Waals surface area contributed by atoms with Crippen molar-refractivity contribution in [1.82, 2.24) is 20.4 Å². The monoisotopic (exact) mass is 499 g/mol. The number of piperazine rings is 3. The van der Waals surface area contributed by atoms with Crippen LogP contribution in [-0.2, 0) is 6.54 Å². The predicted molar refractivity (Wildman–Crippen MR) is 125 cm³/mol. The van der Waals surface area contributed by atoms with E-state index in [1.807, 2.05) is 7.05 Å². The molecule has 5 rings (SSSR count). The second-order valence-corrected chi connectivity index (χ2v) is 8.16. The van der Waals surface area contributed by atoms with E-state index in [1.54, 1.807) is 0 Å². The summed E-state index contributed by atoms with van der Waals surface area (Å²) in [6, 6.07) is 7.05. The zero-order chi connectivity index (χ0) is 18.6. The summed E-state index contributed by atoms with van der Waals surface area (Å²) in [6.07, 6.45) is 2.62. The number of hydrogen-bond acceptors (Lipinski definition) is 4. The molecule has 6 nitrogen and oxygen atoms in total. The topological polar surface area (TPSA) is 52.1 Å². The molecule has 2 bridgehead atoms. The minimum Gasteiger partial charge on any atom is -0.493 e. The number of nitrogens with one attached hydrogen (secondary N) is 2. The third kappa shape index (κ3) is 5.73. The van der Waals surface area contributed by atoms with Gasteiger partial charge in [-0.2, -0.15) is 0 Å². The van der Waals surface area contributed by atoms with Gasteiger partial charge in [-0.15, -0.1) is 24.0 Å². The van der Waals surface area contributed by atoms with Crippen LogP contribution < -0.4 is 15.4 Å². The normalized spacial score (nSPS) is 26.5. The number of benzene rings is 1. The molecule has 2 N–H and O–H groups in total. The second kappa shape index (κ2) is 10.1. The Morgan fingerprint density at radius 3 is 2.61 bits per heavy atom. The van der Waals surface area contributed by atoms with Gasteiger partial charge in [0.2, 0.25) is 0 Å². The standard InChI is InChI=1S/C21H33N5O.HI/c1-16-3-6-18(20(11-16)27-15-17-4-5-17)12-23-21(22-2)24-13-19-14-25-7-9-26(19)10-8-25;/h3,6,11,17,19H,4-5,7-10,12-15H2,1-2H3,(H2,22,23,24);1H. The first-order valence-corrected chi connectivity index (χ1v) is 10.3. The van der Waals surface area contributed by atoms with Crippen molar-refractivity contribution >= 4 is 29.9 Å². The average molecular weight is 499 g/mol. The van der Waals surface area contributed by atoms with Crippen LogP contribution in [0.4, 0.5) is 0 Å². The van der Waals surface area contributed by atoms with E-state index in [4.69, 9.17) is 4.74 Å². The highest BCUT2D eigenvalue weighted by molar-refractivity contribution is 14.0. The maximum Gasteiger partial charge on any atom is 0.191 e. The van der Waals surface area contributed by atoms with Crippen LogP contribution in [0.2, 0.25) is 0 Å². The Morgan fingerprint density at radius 1 is 1.18 bits per heavy atom. The Bertz CT molecular complexity index is 671. The van der Waals surface area contributed by atoms with E-state index in [2.05, 4.69) is 50.5 Å². The fourth-order valence-electron chi connectivity index (χ4n) is 3.97. The zero-order valence-corrected chi connectivity index (χ0v) is 19.4.